The fraction of sp³-hybridized carbons (Fsp3) is 0.429. The number of anilines is 1. The minimum atomic E-state index is -3.50. The zero-order valence-electron chi connectivity index (χ0n) is 7.63. The molecule has 0 spiro atoms. The number of thiazole rings is 1. The number of nitrogens with one attached hydrogen (secondary N) is 1. The lowest BCUT2D eigenvalue weighted by molar-refractivity contribution is 0.0977. The van der Waals surface area contributed by atoms with E-state index in [1.165, 1.54) is 5.38 Å². The van der Waals surface area contributed by atoms with Gasteiger partial charge in [0.05, 0.1) is 5.25 Å². The summed E-state index contributed by atoms with van der Waals surface area (Å²) in [5.41, 5.74) is 5.37. The van der Waals surface area contributed by atoms with Crippen molar-refractivity contribution >= 4 is 32.4 Å². The van der Waals surface area contributed by atoms with Crippen LogP contribution in [0.3, 0.4) is 0 Å². The molecule has 1 aliphatic carbocycles. The Kier molecular flexibility index (Phi) is 2.39. The first-order valence-electron chi connectivity index (χ1n) is 4.26. The summed E-state index contributed by atoms with van der Waals surface area (Å²) >= 11 is 1.09. The van der Waals surface area contributed by atoms with E-state index < -0.39 is 21.2 Å². The lowest BCUT2D eigenvalue weighted by Gasteiger charge is -2.02. The van der Waals surface area contributed by atoms with E-state index >= 15 is 0 Å². The summed E-state index contributed by atoms with van der Waals surface area (Å²) in [6, 6.07) is 0. The molecule has 3 N–H and O–H groups in total. The number of carbonyl (C=O) groups is 1. The molecular weight excluding hydrogens is 238 g/mol. The SMILES string of the molecule is Nc1nc(C(=O)NS(=O)(=O)C2CC2)cs1. The minimum absolute atomic E-state index is 0.0433. The van der Waals surface area contributed by atoms with Crippen LogP contribution in [0.25, 0.3) is 0 Å². The van der Waals surface area contributed by atoms with Crippen LogP contribution in [0.4, 0.5) is 5.13 Å². The van der Waals surface area contributed by atoms with Crippen LogP contribution in [-0.4, -0.2) is 24.6 Å². The number of nitrogens with two attached hydrogens (primary N) is 1. The highest BCUT2D eigenvalue weighted by Gasteiger charge is 2.37. The third-order valence-electron chi connectivity index (χ3n) is 1.95. The molecule has 1 fully saturated rings. The zero-order valence-corrected chi connectivity index (χ0v) is 9.27. The molecule has 8 heteroatoms. The van der Waals surface area contributed by atoms with Crippen LogP contribution in [0.2, 0.25) is 0 Å². The molecule has 1 amide bonds. The number of nitrogens with zero attached hydrogens (tertiary/aromatic N) is 1. The number of hydrogen-bond acceptors (Lipinski definition) is 6. The van der Waals surface area contributed by atoms with Crippen LogP contribution in [-0.2, 0) is 10.0 Å². The maximum atomic E-state index is 11.4. The Bertz CT molecular complexity index is 489. The Labute approximate surface area is 90.6 Å². The Morgan fingerprint density at radius 1 is 1.60 bits per heavy atom. The van der Waals surface area contributed by atoms with Crippen molar-refractivity contribution in [2.75, 3.05) is 5.73 Å². The smallest absolute Gasteiger partial charge is 0.284 e. The second-order valence-corrected chi connectivity index (χ2v) is 6.10. The van der Waals surface area contributed by atoms with Gasteiger partial charge in [-0.15, -0.1) is 11.3 Å². The molecule has 0 radical (unpaired) electrons. The van der Waals surface area contributed by atoms with Gasteiger partial charge in [0.25, 0.3) is 5.91 Å². The van der Waals surface area contributed by atoms with E-state index in [2.05, 4.69) is 4.98 Å². The standard InChI is InChI=1S/C7H9N3O3S2/c8-7-9-5(3-14-7)6(11)10-15(12,13)4-1-2-4/h3-4H,1-2H2,(H2,8,9)(H,10,11). The molecule has 0 unspecified atom stereocenters. The topological polar surface area (TPSA) is 102 Å². The first-order chi connectivity index (χ1) is 6.99. The molecule has 0 saturated heterocycles. The monoisotopic (exact) mass is 247 g/mol. The second kappa shape index (κ2) is 3.46. The molecule has 0 aromatic carbocycles. The van der Waals surface area contributed by atoms with Gasteiger partial charge >= 0.3 is 0 Å². The molecule has 6 nitrogen and oxygen atoms in total. The van der Waals surface area contributed by atoms with Crippen molar-refractivity contribution in [3.63, 3.8) is 0 Å². The van der Waals surface area contributed by atoms with Crippen molar-refractivity contribution in [3.8, 4) is 0 Å². The van der Waals surface area contributed by atoms with E-state index in [1.807, 2.05) is 4.72 Å². The van der Waals surface area contributed by atoms with Crippen LogP contribution in [0.5, 0.6) is 0 Å². The van der Waals surface area contributed by atoms with Crippen molar-refractivity contribution in [1.82, 2.24) is 9.71 Å². The average molecular weight is 247 g/mol. The minimum Gasteiger partial charge on any atom is -0.375 e. The van der Waals surface area contributed by atoms with E-state index in [9.17, 15) is 13.2 Å². The molecule has 1 aliphatic rings. The van der Waals surface area contributed by atoms with Crippen LogP contribution >= 0.6 is 11.3 Å². The molecule has 0 aliphatic heterocycles. The van der Waals surface area contributed by atoms with Gasteiger partial charge in [-0.1, -0.05) is 0 Å². The summed E-state index contributed by atoms with van der Waals surface area (Å²) in [6.07, 6.45) is 1.23. The number of nitrogen functional groups attached to an aromatic ring is 1. The van der Waals surface area contributed by atoms with Crippen molar-refractivity contribution in [2.24, 2.45) is 0 Å². The molecule has 1 saturated carbocycles. The lowest BCUT2D eigenvalue weighted by Crippen LogP contribution is -2.33. The summed E-state index contributed by atoms with van der Waals surface area (Å²) in [4.78, 5) is 15.1. The third-order valence-corrected chi connectivity index (χ3v) is 4.45. The van der Waals surface area contributed by atoms with E-state index in [-0.39, 0.29) is 10.8 Å². The van der Waals surface area contributed by atoms with E-state index in [1.54, 1.807) is 0 Å². The van der Waals surface area contributed by atoms with Crippen LogP contribution < -0.4 is 10.5 Å². The quantitative estimate of drug-likeness (QED) is 0.779. The number of hydrogen-bond donors (Lipinski definition) is 2. The Morgan fingerprint density at radius 2 is 2.27 bits per heavy atom. The predicted octanol–water partition coefficient (Wildman–Crippen LogP) is -0.0527. The van der Waals surface area contributed by atoms with Crippen molar-refractivity contribution in [1.29, 1.82) is 0 Å². The lowest BCUT2D eigenvalue weighted by atomic mass is 10.5. The van der Waals surface area contributed by atoms with Gasteiger partial charge < -0.3 is 5.73 Å². The van der Waals surface area contributed by atoms with Gasteiger partial charge in [-0.25, -0.2) is 18.1 Å². The van der Waals surface area contributed by atoms with Gasteiger partial charge in [-0.2, -0.15) is 0 Å². The van der Waals surface area contributed by atoms with E-state index in [0.29, 0.717) is 12.8 Å². The zero-order chi connectivity index (χ0) is 11.1. The highest BCUT2D eigenvalue weighted by molar-refractivity contribution is 7.91. The summed E-state index contributed by atoms with van der Waals surface area (Å²) in [6.45, 7) is 0. The summed E-state index contributed by atoms with van der Waals surface area (Å²) in [7, 11) is -3.50. The first-order valence-corrected chi connectivity index (χ1v) is 6.68. The number of aromatic nitrogens is 1. The molecule has 82 valence electrons. The average Bonchev–Trinajstić information content (AvgIpc) is 2.89. The number of amides is 1. The van der Waals surface area contributed by atoms with Gasteiger partial charge in [0.15, 0.2) is 5.13 Å². The molecule has 2 rings (SSSR count). The van der Waals surface area contributed by atoms with Crippen LogP contribution in [0.15, 0.2) is 5.38 Å². The third kappa shape index (κ3) is 2.26. The largest absolute Gasteiger partial charge is 0.375 e. The fourth-order valence-electron chi connectivity index (χ4n) is 1.04. The Morgan fingerprint density at radius 3 is 2.73 bits per heavy atom. The van der Waals surface area contributed by atoms with Gasteiger partial charge in [0, 0.05) is 5.38 Å². The Balaban J connectivity index is 2.10. The van der Waals surface area contributed by atoms with Gasteiger partial charge in [-0.05, 0) is 12.8 Å². The molecule has 15 heavy (non-hydrogen) atoms. The Hall–Kier alpha value is -1.15. The van der Waals surface area contributed by atoms with Crippen LogP contribution in [0.1, 0.15) is 23.3 Å². The summed E-state index contributed by atoms with van der Waals surface area (Å²) < 4.78 is 24.8. The van der Waals surface area contributed by atoms with Gasteiger partial charge in [0.1, 0.15) is 5.69 Å². The maximum absolute atomic E-state index is 11.4. The molecule has 0 bridgehead atoms. The summed E-state index contributed by atoms with van der Waals surface area (Å²) in [5.74, 6) is -0.713. The normalized spacial score (nSPS) is 16.3. The predicted molar refractivity (Wildman–Crippen MR) is 55.9 cm³/mol. The molecule has 1 aromatic rings. The first kappa shape index (κ1) is 10.4. The fourth-order valence-corrected chi connectivity index (χ4v) is 2.86. The van der Waals surface area contributed by atoms with Crippen molar-refractivity contribution in [2.45, 2.75) is 18.1 Å². The van der Waals surface area contributed by atoms with Gasteiger partial charge in [-0.3, -0.25) is 4.79 Å². The van der Waals surface area contributed by atoms with Crippen LogP contribution in [0, 0.1) is 0 Å². The highest BCUT2D eigenvalue weighted by atomic mass is 32.2. The number of sulfonamides is 1. The maximum Gasteiger partial charge on any atom is 0.284 e. The molecule has 1 aromatic heterocycles. The van der Waals surface area contributed by atoms with Crippen molar-refractivity contribution < 1.29 is 13.2 Å². The van der Waals surface area contributed by atoms with E-state index in [0.717, 1.165) is 11.3 Å². The molecule has 1 heterocycles. The molecule has 0 atom stereocenters. The van der Waals surface area contributed by atoms with Gasteiger partial charge in [0.2, 0.25) is 10.0 Å². The number of rotatable bonds is 3. The van der Waals surface area contributed by atoms with E-state index in [4.69, 9.17) is 5.73 Å². The highest BCUT2D eigenvalue weighted by Crippen LogP contribution is 2.27. The number of carbonyl (C=O) groups excluding carboxylic acids is 1. The van der Waals surface area contributed by atoms with Crippen molar-refractivity contribution in [3.05, 3.63) is 11.1 Å². The molecular formula is C7H9N3O3S2. The second-order valence-electron chi connectivity index (χ2n) is 3.25. The summed E-state index contributed by atoms with van der Waals surface area (Å²) in [5, 5.41) is 1.24.